The van der Waals surface area contributed by atoms with Crippen molar-refractivity contribution in [2.24, 2.45) is 5.92 Å². The van der Waals surface area contributed by atoms with E-state index in [9.17, 15) is 13.2 Å². The number of benzene rings is 1. The van der Waals surface area contributed by atoms with Gasteiger partial charge in [-0.1, -0.05) is 51.1 Å². The van der Waals surface area contributed by atoms with Gasteiger partial charge in [0.2, 0.25) is 0 Å². The Labute approximate surface area is 182 Å². The van der Waals surface area contributed by atoms with Gasteiger partial charge in [-0.05, 0) is 30.1 Å². The molecule has 2 rings (SSSR count). The molecule has 0 bridgehead atoms. The van der Waals surface area contributed by atoms with Gasteiger partial charge >= 0.3 is 6.09 Å². The van der Waals surface area contributed by atoms with Crippen LogP contribution in [0, 0.1) is 5.92 Å². The summed E-state index contributed by atoms with van der Waals surface area (Å²) in [5, 5.41) is 0.0296. The zero-order valence-corrected chi connectivity index (χ0v) is 20.7. The van der Waals surface area contributed by atoms with E-state index in [1.807, 2.05) is 30.3 Å². The standard InChI is InChI=1S/C21H35NO6SSi/c1-21(2,3)30(5,6)28-19-12-18(16-27-29(4,24)25)13-22(14-19)20(23)26-15-17-10-8-7-9-11-17/h7-11,18-19H,12-16H2,1-6H3. The number of amides is 1. The molecule has 0 radical (unpaired) electrons. The highest BCUT2D eigenvalue weighted by atomic mass is 32.2. The third kappa shape index (κ3) is 7.68. The molecule has 1 amide bonds. The van der Waals surface area contributed by atoms with E-state index in [4.69, 9.17) is 13.3 Å². The zero-order valence-electron chi connectivity index (χ0n) is 18.9. The van der Waals surface area contributed by atoms with E-state index in [-0.39, 0.29) is 30.3 Å². The van der Waals surface area contributed by atoms with Gasteiger partial charge in [-0.15, -0.1) is 0 Å². The van der Waals surface area contributed by atoms with Crippen LogP contribution in [-0.4, -0.2) is 59.8 Å². The second-order valence-corrected chi connectivity index (χ2v) is 15.9. The van der Waals surface area contributed by atoms with E-state index in [0.29, 0.717) is 19.5 Å². The first-order valence-corrected chi connectivity index (χ1v) is 15.0. The van der Waals surface area contributed by atoms with Crippen LogP contribution < -0.4 is 0 Å². The molecule has 0 saturated carbocycles. The molecule has 170 valence electrons. The molecule has 2 atom stereocenters. The Kier molecular flexibility index (Phi) is 8.12. The first-order valence-electron chi connectivity index (χ1n) is 10.2. The number of carbonyl (C=O) groups is 1. The van der Waals surface area contributed by atoms with E-state index >= 15 is 0 Å². The fourth-order valence-corrected chi connectivity index (χ4v) is 4.93. The Bertz CT molecular complexity index is 807. The molecule has 1 aromatic rings. The first kappa shape index (κ1) is 24.8. The van der Waals surface area contributed by atoms with E-state index in [0.717, 1.165) is 11.8 Å². The van der Waals surface area contributed by atoms with Crippen LogP contribution in [0.25, 0.3) is 0 Å². The van der Waals surface area contributed by atoms with E-state index in [1.165, 1.54) is 0 Å². The minimum Gasteiger partial charge on any atom is -0.445 e. The number of piperidine rings is 1. The number of rotatable bonds is 7. The average molecular weight is 458 g/mol. The summed E-state index contributed by atoms with van der Waals surface area (Å²) in [7, 11) is -5.61. The largest absolute Gasteiger partial charge is 0.445 e. The van der Waals surface area contributed by atoms with Gasteiger partial charge in [0.05, 0.1) is 19.0 Å². The smallest absolute Gasteiger partial charge is 0.410 e. The third-order valence-electron chi connectivity index (χ3n) is 5.75. The molecule has 1 aliphatic heterocycles. The number of nitrogens with zero attached hydrogens (tertiary/aromatic N) is 1. The van der Waals surface area contributed by atoms with Crippen LogP contribution in [0.15, 0.2) is 30.3 Å². The van der Waals surface area contributed by atoms with Crippen LogP contribution in [0.2, 0.25) is 18.1 Å². The number of ether oxygens (including phenoxy) is 1. The summed E-state index contributed by atoms with van der Waals surface area (Å²) < 4.78 is 39.9. The van der Waals surface area contributed by atoms with Crippen molar-refractivity contribution in [3.63, 3.8) is 0 Å². The summed E-state index contributed by atoms with van der Waals surface area (Å²) in [5.41, 5.74) is 0.911. The molecule has 7 nitrogen and oxygen atoms in total. The lowest BCUT2D eigenvalue weighted by Crippen LogP contribution is -2.53. The molecule has 1 aliphatic rings. The van der Waals surface area contributed by atoms with Gasteiger partial charge in [0.25, 0.3) is 10.1 Å². The van der Waals surface area contributed by atoms with Crippen molar-refractivity contribution in [3.8, 4) is 0 Å². The predicted molar refractivity (Wildman–Crippen MR) is 119 cm³/mol. The highest BCUT2D eigenvalue weighted by molar-refractivity contribution is 7.85. The summed E-state index contributed by atoms with van der Waals surface area (Å²) in [5.74, 6) is -0.146. The van der Waals surface area contributed by atoms with Gasteiger partial charge < -0.3 is 14.1 Å². The van der Waals surface area contributed by atoms with Crippen molar-refractivity contribution in [2.75, 3.05) is 26.0 Å². The molecule has 0 N–H and O–H groups in total. The maximum atomic E-state index is 12.7. The molecular weight excluding hydrogens is 422 g/mol. The summed E-state index contributed by atoms with van der Waals surface area (Å²) in [4.78, 5) is 14.3. The lowest BCUT2D eigenvalue weighted by atomic mass is 9.97. The third-order valence-corrected chi connectivity index (χ3v) is 10.8. The minimum atomic E-state index is -3.55. The fraction of sp³-hybridized carbons (Fsp3) is 0.667. The molecule has 1 aromatic carbocycles. The maximum Gasteiger partial charge on any atom is 0.410 e. The lowest BCUT2D eigenvalue weighted by molar-refractivity contribution is 0.0209. The van der Waals surface area contributed by atoms with Crippen LogP contribution in [0.4, 0.5) is 4.79 Å². The Morgan fingerprint density at radius 2 is 1.80 bits per heavy atom. The second-order valence-electron chi connectivity index (χ2n) is 9.54. The van der Waals surface area contributed by atoms with Crippen LogP contribution in [0.1, 0.15) is 32.8 Å². The van der Waals surface area contributed by atoms with Crippen molar-refractivity contribution in [1.29, 1.82) is 0 Å². The van der Waals surface area contributed by atoms with Crippen LogP contribution >= 0.6 is 0 Å². The van der Waals surface area contributed by atoms with Gasteiger partial charge in [0.15, 0.2) is 8.32 Å². The molecule has 2 unspecified atom stereocenters. The summed E-state index contributed by atoms with van der Waals surface area (Å²) in [6.07, 6.45) is 1.07. The second kappa shape index (κ2) is 9.80. The maximum absolute atomic E-state index is 12.7. The van der Waals surface area contributed by atoms with E-state index < -0.39 is 24.5 Å². The van der Waals surface area contributed by atoms with Crippen LogP contribution in [0.5, 0.6) is 0 Å². The number of hydrogen-bond acceptors (Lipinski definition) is 6. The van der Waals surface area contributed by atoms with Crippen molar-refractivity contribution >= 4 is 24.5 Å². The highest BCUT2D eigenvalue weighted by Gasteiger charge is 2.42. The van der Waals surface area contributed by atoms with Gasteiger partial charge in [0, 0.05) is 19.0 Å². The number of hydrogen-bond donors (Lipinski definition) is 0. The molecular formula is C21H35NO6SSi. The van der Waals surface area contributed by atoms with Gasteiger partial charge in [-0.25, -0.2) is 4.79 Å². The average Bonchev–Trinajstić information content (AvgIpc) is 2.63. The molecule has 30 heavy (non-hydrogen) atoms. The zero-order chi connectivity index (χ0) is 22.6. The van der Waals surface area contributed by atoms with Gasteiger partial charge in [0.1, 0.15) is 6.61 Å². The molecule has 9 heteroatoms. The Balaban J connectivity index is 2.07. The highest BCUT2D eigenvalue weighted by Crippen LogP contribution is 2.38. The van der Waals surface area contributed by atoms with Crippen LogP contribution in [0.3, 0.4) is 0 Å². The summed E-state index contributed by atoms with van der Waals surface area (Å²) >= 11 is 0. The predicted octanol–water partition coefficient (Wildman–Crippen LogP) is 4.01. The monoisotopic (exact) mass is 457 g/mol. The Hall–Kier alpha value is -1.42. The summed E-state index contributed by atoms with van der Waals surface area (Å²) in [6.45, 7) is 11.8. The first-order chi connectivity index (χ1) is 13.8. The van der Waals surface area contributed by atoms with E-state index in [1.54, 1.807) is 4.90 Å². The fourth-order valence-electron chi connectivity index (χ4n) is 3.13. The lowest BCUT2D eigenvalue weighted by Gasteiger charge is -2.44. The van der Waals surface area contributed by atoms with Crippen LogP contribution in [-0.2, 0) is 30.1 Å². The topological polar surface area (TPSA) is 82.1 Å². The molecule has 1 heterocycles. The SMILES string of the molecule is CC(C)(C)[Si](C)(C)OC1CC(COS(C)(=O)=O)CN(C(=O)OCc2ccccc2)C1. The number of carbonyl (C=O) groups excluding carboxylic acids is 1. The molecule has 1 fully saturated rings. The van der Waals surface area contributed by atoms with E-state index in [2.05, 4.69) is 33.9 Å². The Morgan fingerprint density at radius 3 is 2.37 bits per heavy atom. The molecule has 0 aromatic heterocycles. The van der Waals surface area contributed by atoms with Crippen molar-refractivity contribution < 1.29 is 26.6 Å². The molecule has 0 spiro atoms. The summed E-state index contributed by atoms with van der Waals surface area (Å²) in [6, 6.07) is 9.49. The minimum absolute atomic E-state index is 0.0264. The molecule has 0 aliphatic carbocycles. The Morgan fingerprint density at radius 1 is 1.17 bits per heavy atom. The van der Waals surface area contributed by atoms with Gasteiger partial charge in [-0.2, -0.15) is 8.42 Å². The normalized spacial score (nSPS) is 20.8. The quantitative estimate of drug-likeness (QED) is 0.454. The van der Waals surface area contributed by atoms with Crippen molar-refractivity contribution in [3.05, 3.63) is 35.9 Å². The van der Waals surface area contributed by atoms with Gasteiger partial charge in [-0.3, -0.25) is 4.18 Å². The van der Waals surface area contributed by atoms with Crippen molar-refractivity contribution in [1.82, 2.24) is 4.90 Å². The number of likely N-dealkylation sites (tertiary alicyclic amines) is 1. The molecule has 1 saturated heterocycles. The van der Waals surface area contributed by atoms with Crippen molar-refractivity contribution in [2.45, 2.75) is 58.0 Å².